The van der Waals surface area contributed by atoms with E-state index in [1.54, 1.807) is 18.9 Å². The monoisotopic (exact) mass is 574 g/mol. The van der Waals surface area contributed by atoms with Crippen molar-refractivity contribution in [1.82, 2.24) is 10.2 Å². The zero-order valence-electron chi connectivity index (χ0n) is 21.7. The maximum atomic E-state index is 12.3. The van der Waals surface area contributed by atoms with Crippen LogP contribution in [0.2, 0.25) is 0 Å². The number of carboxylic acids is 1. The van der Waals surface area contributed by atoms with Crippen molar-refractivity contribution in [2.75, 3.05) is 19.9 Å². The van der Waals surface area contributed by atoms with Gasteiger partial charge in [0.15, 0.2) is 0 Å². The molecule has 5 nitrogen and oxygen atoms in total. The lowest BCUT2D eigenvalue weighted by Gasteiger charge is -2.56. The van der Waals surface area contributed by atoms with Gasteiger partial charge in [-0.2, -0.15) is 0 Å². The van der Waals surface area contributed by atoms with Crippen LogP contribution in [0.1, 0.15) is 35.4 Å². The average Bonchev–Trinajstić information content (AvgIpc) is 2.93. The van der Waals surface area contributed by atoms with E-state index in [0.717, 1.165) is 24.3 Å². The van der Waals surface area contributed by atoms with E-state index >= 15 is 0 Å². The second kappa shape index (κ2) is 13.7. The van der Waals surface area contributed by atoms with Crippen LogP contribution in [0.4, 0.5) is 0 Å². The number of benzene rings is 3. The van der Waals surface area contributed by atoms with Gasteiger partial charge < -0.3 is 15.2 Å². The fraction of sp³-hybridized carbons (Fsp3) is 0.367. The number of piperidine rings is 3. The van der Waals surface area contributed by atoms with Gasteiger partial charge in [0.05, 0.1) is 7.11 Å². The Morgan fingerprint density at radius 1 is 1.05 bits per heavy atom. The summed E-state index contributed by atoms with van der Waals surface area (Å²) in [6, 6.07) is 27.2. The summed E-state index contributed by atoms with van der Waals surface area (Å²) >= 11 is 1.72. The topological polar surface area (TPSA) is 61.8 Å². The number of ether oxygens (including phenoxy) is 1. The number of halogens is 2. The van der Waals surface area contributed by atoms with Crippen molar-refractivity contribution in [2.45, 2.75) is 48.3 Å². The Bertz CT molecular complexity index is 1150. The van der Waals surface area contributed by atoms with E-state index in [-0.39, 0.29) is 42.8 Å². The third kappa shape index (κ3) is 6.16. The van der Waals surface area contributed by atoms with Crippen LogP contribution in [-0.2, 0) is 11.3 Å². The van der Waals surface area contributed by atoms with Crippen LogP contribution in [0.5, 0.6) is 5.75 Å². The molecule has 0 amide bonds. The van der Waals surface area contributed by atoms with Gasteiger partial charge in [-0.15, -0.1) is 36.6 Å². The predicted octanol–water partition coefficient (Wildman–Crippen LogP) is 6.10. The van der Waals surface area contributed by atoms with Gasteiger partial charge in [0.2, 0.25) is 0 Å². The van der Waals surface area contributed by atoms with Crippen molar-refractivity contribution in [3.8, 4) is 5.75 Å². The maximum Gasteiger partial charge on any atom is 0.320 e. The molecule has 3 aliphatic heterocycles. The zero-order valence-corrected chi connectivity index (χ0v) is 24.1. The lowest BCUT2D eigenvalue weighted by molar-refractivity contribution is -0.152. The van der Waals surface area contributed by atoms with Crippen LogP contribution in [0.3, 0.4) is 0 Å². The Morgan fingerprint density at radius 3 is 2.24 bits per heavy atom. The highest BCUT2D eigenvalue weighted by molar-refractivity contribution is 7.98. The fourth-order valence-electron chi connectivity index (χ4n) is 6.26. The fourth-order valence-corrected chi connectivity index (χ4v) is 6.73. The van der Waals surface area contributed by atoms with Crippen LogP contribution >= 0.6 is 36.6 Å². The minimum absolute atomic E-state index is 0. The largest absolute Gasteiger partial charge is 0.496 e. The van der Waals surface area contributed by atoms with E-state index in [4.69, 9.17) is 4.74 Å². The van der Waals surface area contributed by atoms with Crippen LogP contribution in [0.15, 0.2) is 83.8 Å². The summed E-state index contributed by atoms with van der Waals surface area (Å²) in [5.41, 5.74) is 3.57. The highest BCUT2D eigenvalue weighted by atomic mass is 35.5. The number of hydrogen-bond acceptors (Lipinski definition) is 5. The average molecular weight is 576 g/mol. The first kappa shape index (κ1) is 30.3. The van der Waals surface area contributed by atoms with Gasteiger partial charge in [0.25, 0.3) is 0 Å². The number of carbonyl (C=O) groups is 1. The summed E-state index contributed by atoms with van der Waals surface area (Å²) in [6.45, 7) is 1.49. The zero-order chi connectivity index (χ0) is 25.1. The number of methoxy groups -OCH3 is 1. The lowest BCUT2D eigenvalue weighted by Crippen LogP contribution is -2.69. The smallest absolute Gasteiger partial charge is 0.320 e. The van der Waals surface area contributed by atoms with E-state index < -0.39 is 12.0 Å². The maximum absolute atomic E-state index is 12.3. The van der Waals surface area contributed by atoms with E-state index in [0.29, 0.717) is 18.9 Å². The molecule has 8 heteroatoms. The molecule has 38 heavy (non-hydrogen) atoms. The molecule has 0 spiro atoms. The van der Waals surface area contributed by atoms with Crippen molar-refractivity contribution in [3.63, 3.8) is 0 Å². The van der Waals surface area contributed by atoms with Crippen molar-refractivity contribution < 1.29 is 14.6 Å². The second-order valence-electron chi connectivity index (χ2n) is 9.75. The molecule has 0 aromatic heterocycles. The Kier molecular flexibility index (Phi) is 10.9. The normalized spacial score (nSPS) is 23.8. The summed E-state index contributed by atoms with van der Waals surface area (Å²) in [6.07, 6.45) is 3.77. The van der Waals surface area contributed by atoms with E-state index in [9.17, 15) is 9.90 Å². The highest BCUT2D eigenvalue weighted by Gasteiger charge is 2.52. The molecule has 0 radical (unpaired) electrons. The number of nitrogens with zero attached hydrogens (tertiary/aromatic N) is 1. The molecule has 204 valence electrons. The van der Waals surface area contributed by atoms with Gasteiger partial charge in [0, 0.05) is 35.0 Å². The molecule has 3 aromatic rings. The molecule has 3 saturated heterocycles. The molecule has 2 bridgehead atoms. The van der Waals surface area contributed by atoms with Gasteiger partial charge >= 0.3 is 5.97 Å². The molecule has 3 heterocycles. The Hall–Kier alpha value is -2.22. The standard InChI is InChI=1S/C30H34N2O3S.2ClH/c1-35-26-14-13-24(36-2)17-23(26)19-31-28-22-15-16-32(25(18-22)30(33)34)29(28)27(20-9-5-3-6-10-20)21-11-7-4-8-12-21;;/h3-14,17,22,25,27-29,31H,15-16,18-19H2,1-2H3,(H,33,34);2*1H/t22-,25-,28-,29-;;/m1../s1. The van der Waals surface area contributed by atoms with Crippen LogP contribution in [0, 0.1) is 5.92 Å². The van der Waals surface area contributed by atoms with Gasteiger partial charge in [-0.05, 0) is 60.9 Å². The molecule has 5 atom stereocenters. The van der Waals surface area contributed by atoms with Crippen molar-refractivity contribution >= 4 is 42.5 Å². The number of aliphatic carboxylic acids is 1. The first-order valence-electron chi connectivity index (χ1n) is 12.6. The molecular formula is C30H36Cl2N2O3S. The van der Waals surface area contributed by atoms with Crippen LogP contribution in [-0.4, -0.2) is 54.0 Å². The molecule has 3 fully saturated rings. The van der Waals surface area contributed by atoms with Gasteiger partial charge in [-0.1, -0.05) is 60.7 Å². The minimum atomic E-state index is -0.711. The molecule has 3 aromatic carbocycles. The number of nitrogens with one attached hydrogen (secondary N) is 1. The van der Waals surface area contributed by atoms with Crippen LogP contribution in [0.25, 0.3) is 0 Å². The van der Waals surface area contributed by atoms with E-state index in [2.05, 4.69) is 77.1 Å². The second-order valence-corrected chi connectivity index (χ2v) is 10.6. The van der Waals surface area contributed by atoms with Gasteiger partial charge in [0.1, 0.15) is 11.8 Å². The number of hydrogen-bond donors (Lipinski definition) is 2. The molecule has 6 rings (SSSR count). The quantitative estimate of drug-likeness (QED) is 0.301. The first-order valence-corrected chi connectivity index (χ1v) is 13.9. The number of carboxylic acid groups (broad SMARTS) is 1. The third-order valence-electron chi connectivity index (χ3n) is 7.90. The van der Waals surface area contributed by atoms with Crippen molar-refractivity contribution in [2.24, 2.45) is 5.92 Å². The molecular weight excluding hydrogens is 539 g/mol. The number of thioether (sulfide) groups is 1. The Balaban J connectivity index is 0.00000200. The summed E-state index contributed by atoms with van der Waals surface area (Å²) in [5.74, 6) is 0.529. The van der Waals surface area contributed by atoms with Crippen LogP contribution < -0.4 is 10.1 Å². The van der Waals surface area contributed by atoms with Crippen molar-refractivity contribution in [3.05, 3.63) is 95.6 Å². The summed E-state index contributed by atoms with van der Waals surface area (Å²) in [5, 5.41) is 14.0. The van der Waals surface area contributed by atoms with Gasteiger partial charge in [-0.25, -0.2) is 0 Å². The third-order valence-corrected chi connectivity index (χ3v) is 8.63. The molecule has 3 aliphatic rings. The number of rotatable bonds is 9. The van der Waals surface area contributed by atoms with E-state index in [1.807, 2.05) is 18.2 Å². The molecule has 0 saturated carbocycles. The summed E-state index contributed by atoms with van der Waals surface area (Å²) < 4.78 is 5.67. The highest BCUT2D eigenvalue weighted by Crippen LogP contribution is 2.44. The first-order chi connectivity index (χ1) is 17.6. The molecule has 2 N–H and O–H groups in total. The summed E-state index contributed by atoms with van der Waals surface area (Å²) in [4.78, 5) is 15.8. The minimum Gasteiger partial charge on any atom is -0.496 e. The SMILES string of the molecule is COc1ccc(SC)cc1CN[C@@H]1[C@@H]2CCN([C@@H](C(=O)O)C2)[C@@H]1C(c1ccccc1)c1ccccc1.Cl.Cl. The predicted molar refractivity (Wildman–Crippen MR) is 159 cm³/mol. The Morgan fingerprint density at radius 2 is 1.68 bits per heavy atom. The Labute approximate surface area is 242 Å². The molecule has 1 unspecified atom stereocenters. The number of fused-ring (bicyclic) bond motifs is 3. The van der Waals surface area contributed by atoms with E-state index in [1.165, 1.54) is 16.0 Å². The van der Waals surface area contributed by atoms with Crippen molar-refractivity contribution in [1.29, 1.82) is 0 Å². The lowest BCUT2D eigenvalue weighted by atomic mass is 9.68. The summed E-state index contributed by atoms with van der Waals surface area (Å²) in [7, 11) is 1.72. The molecule has 0 aliphatic carbocycles. The van der Waals surface area contributed by atoms with Gasteiger partial charge in [-0.3, -0.25) is 9.69 Å².